The summed E-state index contributed by atoms with van der Waals surface area (Å²) >= 11 is 0. The van der Waals surface area contributed by atoms with E-state index in [9.17, 15) is 4.79 Å². The minimum atomic E-state index is 0.185. The fourth-order valence-electron chi connectivity index (χ4n) is 5.54. The van der Waals surface area contributed by atoms with Crippen molar-refractivity contribution in [3.63, 3.8) is 0 Å². The molecule has 2 aliphatic heterocycles. The molecule has 5 rings (SSSR count). The Labute approximate surface area is 215 Å². The van der Waals surface area contributed by atoms with Crippen molar-refractivity contribution in [3.8, 4) is 0 Å². The van der Waals surface area contributed by atoms with E-state index < -0.39 is 0 Å². The summed E-state index contributed by atoms with van der Waals surface area (Å²) in [6, 6.07) is 13.1. The van der Waals surface area contributed by atoms with Gasteiger partial charge in [-0.1, -0.05) is 44.2 Å². The van der Waals surface area contributed by atoms with Gasteiger partial charge in [-0.3, -0.25) is 9.69 Å². The first-order valence-corrected chi connectivity index (χ1v) is 13.2. The zero-order valence-electron chi connectivity index (χ0n) is 21.8. The summed E-state index contributed by atoms with van der Waals surface area (Å²) in [6.45, 7) is 11.5. The molecule has 6 heteroatoms. The van der Waals surface area contributed by atoms with E-state index in [1.54, 1.807) is 6.33 Å². The van der Waals surface area contributed by atoms with Gasteiger partial charge in [0.1, 0.15) is 6.33 Å². The summed E-state index contributed by atoms with van der Waals surface area (Å²) in [5, 5.41) is 0. The summed E-state index contributed by atoms with van der Waals surface area (Å²) in [5.41, 5.74) is 8.14. The van der Waals surface area contributed by atoms with Crippen molar-refractivity contribution in [2.24, 2.45) is 0 Å². The number of hydrogen-bond donors (Lipinski definition) is 0. The van der Waals surface area contributed by atoms with Crippen LogP contribution >= 0.6 is 0 Å². The van der Waals surface area contributed by atoms with Gasteiger partial charge in [0, 0.05) is 57.8 Å². The number of ketones is 1. The second-order valence-electron chi connectivity index (χ2n) is 10.5. The number of fused-ring (bicyclic) bond motifs is 1. The molecule has 0 radical (unpaired) electrons. The molecule has 2 aromatic carbocycles. The molecule has 1 atom stereocenters. The molecule has 2 aliphatic rings. The lowest BCUT2D eigenvalue weighted by Crippen LogP contribution is -2.43. The SMILES string of the molecule is CCc1cc(CC(=O)c2ccc3c(c2)CN(c2cncnc2)CC3C)cc(CN2CCN(C)CC2)c1. The molecular weight excluding hydrogens is 446 g/mol. The van der Waals surface area contributed by atoms with Crippen LogP contribution in [0.4, 0.5) is 5.69 Å². The summed E-state index contributed by atoms with van der Waals surface area (Å²) in [4.78, 5) is 29.0. The molecule has 6 nitrogen and oxygen atoms in total. The number of piperazine rings is 1. The molecule has 1 saturated heterocycles. The molecule has 3 heterocycles. The molecule has 0 saturated carbocycles. The molecule has 0 bridgehead atoms. The Bertz CT molecular complexity index is 1200. The molecule has 36 heavy (non-hydrogen) atoms. The Morgan fingerprint density at radius 1 is 0.972 bits per heavy atom. The molecule has 0 aliphatic carbocycles. The summed E-state index contributed by atoms with van der Waals surface area (Å²) in [7, 11) is 2.19. The van der Waals surface area contributed by atoms with Gasteiger partial charge in [0.15, 0.2) is 5.78 Å². The number of likely N-dealkylation sites (N-methyl/N-ethyl adjacent to an activating group) is 1. The smallest absolute Gasteiger partial charge is 0.167 e. The van der Waals surface area contributed by atoms with Crippen LogP contribution in [0.3, 0.4) is 0 Å². The molecule has 0 spiro atoms. The van der Waals surface area contributed by atoms with Crippen molar-refractivity contribution in [3.05, 3.63) is 88.5 Å². The Morgan fingerprint density at radius 3 is 2.44 bits per heavy atom. The van der Waals surface area contributed by atoms with Crippen molar-refractivity contribution >= 4 is 11.5 Å². The molecule has 3 aromatic rings. The van der Waals surface area contributed by atoms with E-state index in [1.165, 1.54) is 22.3 Å². The first kappa shape index (κ1) is 24.6. The van der Waals surface area contributed by atoms with E-state index in [4.69, 9.17) is 0 Å². The second kappa shape index (κ2) is 10.9. The summed E-state index contributed by atoms with van der Waals surface area (Å²) < 4.78 is 0. The van der Waals surface area contributed by atoms with Crippen molar-refractivity contribution in [2.45, 2.75) is 45.7 Å². The minimum Gasteiger partial charge on any atom is -0.364 e. The minimum absolute atomic E-state index is 0.185. The van der Waals surface area contributed by atoms with E-state index in [-0.39, 0.29) is 5.78 Å². The third-order valence-electron chi connectivity index (χ3n) is 7.65. The first-order valence-electron chi connectivity index (χ1n) is 13.2. The van der Waals surface area contributed by atoms with Gasteiger partial charge in [-0.2, -0.15) is 0 Å². The largest absolute Gasteiger partial charge is 0.364 e. The number of benzene rings is 2. The quantitative estimate of drug-likeness (QED) is 0.466. The number of nitrogens with zero attached hydrogens (tertiary/aromatic N) is 5. The number of aryl methyl sites for hydroxylation is 1. The van der Waals surface area contributed by atoms with Crippen molar-refractivity contribution in [1.29, 1.82) is 0 Å². The van der Waals surface area contributed by atoms with Crippen LogP contribution in [-0.4, -0.2) is 65.3 Å². The van der Waals surface area contributed by atoms with Gasteiger partial charge in [0.05, 0.1) is 18.1 Å². The highest BCUT2D eigenvalue weighted by molar-refractivity contribution is 5.97. The Kier molecular flexibility index (Phi) is 7.44. The predicted octanol–water partition coefficient (Wildman–Crippen LogP) is 4.34. The fraction of sp³-hybridized carbons (Fsp3) is 0.433. The maximum Gasteiger partial charge on any atom is 0.167 e. The van der Waals surface area contributed by atoms with Crippen LogP contribution in [0.5, 0.6) is 0 Å². The molecule has 0 amide bonds. The normalized spacial score (nSPS) is 18.8. The average Bonchev–Trinajstić information content (AvgIpc) is 2.90. The van der Waals surface area contributed by atoms with Crippen molar-refractivity contribution < 1.29 is 4.79 Å². The van der Waals surface area contributed by atoms with E-state index in [0.29, 0.717) is 12.3 Å². The predicted molar refractivity (Wildman–Crippen MR) is 145 cm³/mol. The number of anilines is 1. The molecule has 188 valence electrons. The standard InChI is InChI=1S/C30H37N5O/c1-4-23-11-24(13-25(12-23)19-34-9-7-33(3)8-10-34)14-30(36)26-5-6-29-22(2)18-35(20-27(29)15-26)28-16-31-21-32-17-28/h5-6,11-13,15-17,21-22H,4,7-10,14,18-20H2,1-3H3. The highest BCUT2D eigenvalue weighted by Crippen LogP contribution is 2.31. The van der Waals surface area contributed by atoms with Crippen LogP contribution in [0.25, 0.3) is 0 Å². The van der Waals surface area contributed by atoms with Crippen LogP contribution in [0, 0.1) is 0 Å². The first-order chi connectivity index (χ1) is 17.5. The van der Waals surface area contributed by atoms with Crippen molar-refractivity contribution in [2.75, 3.05) is 44.7 Å². The Hall–Kier alpha value is -3.09. The maximum absolute atomic E-state index is 13.4. The molecule has 1 aromatic heterocycles. The van der Waals surface area contributed by atoms with Gasteiger partial charge < -0.3 is 9.80 Å². The Morgan fingerprint density at radius 2 is 1.69 bits per heavy atom. The van der Waals surface area contributed by atoms with E-state index in [2.05, 4.69) is 75.9 Å². The number of Topliss-reactive ketones (excluding diaryl/α,β-unsaturated/α-hetero) is 1. The van der Waals surface area contributed by atoms with Crippen LogP contribution in [-0.2, 0) is 25.9 Å². The summed E-state index contributed by atoms with van der Waals surface area (Å²) in [6.07, 6.45) is 6.70. The lowest BCUT2D eigenvalue weighted by molar-refractivity contribution is 0.0992. The van der Waals surface area contributed by atoms with E-state index in [1.807, 2.05) is 18.5 Å². The molecule has 0 N–H and O–H groups in total. The third-order valence-corrected chi connectivity index (χ3v) is 7.65. The summed E-state index contributed by atoms with van der Waals surface area (Å²) in [5.74, 6) is 0.570. The van der Waals surface area contributed by atoms with Crippen LogP contribution in [0.2, 0.25) is 0 Å². The Balaban J connectivity index is 1.32. The van der Waals surface area contributed by atoms with Gasteiger partial charge in [-0.15, -0.1) is 0 Å². The number of carbonyl (C=O) groups excluding carboxylic acids is 1. The zero-order valence-corrected chi connectivity index (χ0v) is 21.8. The van der Waals surface area contributed by atoms with E-state index >= 15 is 0 Å². The number of hydrogen-bond acceptors (Lipinski definition) is 6. The van der Waals surface area contributed by atoms with Crippen LogP contribution < -0.4 is 4.90 Å². The van der Waals surface area contributed by atoms with Crippen molar-refractivity contribution in [1.82, 2.24) is 19.8 Å². The zero-order chi connectivity index (χ0) is 25.1. The molecule has 1 fully saturated rings. The maximum atomic E-state index is 13.4. The fourth-order valence-corrected chi connectivity index (χ4v) is 5.54. The number of rotatable bonds is 7. The van der Waals surface area contributed by atoms with Gasteiger partial charge in [0.2, 0.25) is 0 Å². The molecular formula is C30H37N5O. The van der Waals surface area contributed by atoms with Crippen LogP contribution in [0.1, 0.15) is 57.9 Å². The topological polar surface area (TPSA) is 52.6 Å². The highest BCUT2D eigenvalue weighted by atomic mass is 16.1. The lowest BCUT2D eigenvalue weighted by Gasteiger charge is -2.34. The van der Waals surface area contributed by atoms with Crippen LogP contribution in [0.15, 0.2) is 55.1 Å². The van der Waals surface area contributed by atoms with E-state index in [0.717, 1.165) is 69.0 Å². The van der Waals surface area contributed by atoms with Gasteiger partial charge >= 0.3 is 0 Å². The lowest BCUT2D eigenvalue weighted by atomic mass is 9.88. The van der Waals surface area contributed by atoms with Gasteiger partial charge in [-0.05, 0) is 53.3 Å². The van der Waals surface area contributed by atoms with Gasteiger partial charge in [0.25, 0.3) is 0 Å². The second-order valence-corrected chi connectivity index (χ2v) is 10.5. The average molecular weight is 484 g/mol. The monoisotopic (exact) mass is 483 g/mol. The number of aromatic nitrogens is 2. The molecule has 1 unspecified atom stereocenters. The third kappa shape index (κ3) is 5.66. The number of carbonyl (C=O) groups is 1. The van der Waals surface area contributed by atoms with Gasteiger partial charge in [-0.25, -0.2) is 9.97 Å². The highest BCUT2D eigenvalue weighted by Gasteiger charge is 2.24.